The van der Waals surface area contributed by atoms with Crippen LogP contribution in [0.15, 0.2) is 18.2 Å². The molecule has 6 nitrogen and oxygen atoms in total. The van der Waals surface area contributed by atoms with Crippen molar-refractivity contribution in [2.45, 2.75) is 19.8 Å². The first-order chi connectivity index (χ1) is 9.43. The summed E-state index contributed by atoms with van der Waals surface area (Å²) >= 11 is 0. The molecule has 0 aliphatic carbocycles. The Morgan fingerprint density at radius 1 is 1.45 bits per heavy atom. The number of nitrogens with zero attached hydrogens (tertiary/aromatic N) is 2. The average Bonchev–Trinajstić information content (AvgIpc) is 2.40. The summed E-state index contributed by atoms with van der Waals surface area (Å²) < 4.78 is 0. The van der Waals surface area contributed by atoms with Gasteiger partial charge in [-0.3, -0.25) is 4.79 Å². The van der Waals surface area contributed by atoms with Crippen molar-refractivity contribution < 1.29 is 14.7 Å². The molecule has 1 rings (SSSR count). The van der Waals surface area contributed by atoms with Crippen molar-refractivity contribution in [1.29, 1.82) is 5.26 Å². The lowest BCUT2D eigenvalue weighted by molar-refractivity contribution is -0.137. The number of carbonyl (C=O) groups is 2. The molecule has 0 atom stereocenters. The maximum atomic E-state index is 11.9. The molecule has 1 aromatic carbocycles. The summed E-state index contributed by atoms with van der Waals surface area (Å²) in [5.41, 5.74) is 1.91. The number of urea groups is 1. The van der Waals surface area contributed by atoms with Gasteiger partial charge in [0.25, 0.3) is 0 Å². The minimum atomic E-state index is -0.878. The number of carboxylic acid groups (broad SMARTS) is 1. The molecule has 0 aliphatic heterocycles. The molecule has 0 saturated carbocycles. The molecule has 0 spiro atoms. The number of benzene rings is 1. The zero-order valence-electron chi connectivity index (χ0n) is 11.5. The van der Waals surface area contributed by atoms with Gasteiger partial charge in [0.1, 0.15) is 0 Å². The van der Waals surface area contributed by atoms with Crippen LogP contribution in [0.5, 0.6) is 0 Å². The summed E-state index contributed by atoms with van der Waals surface area (Å²) in [6.45, 7) is 2.19. The number of nitrogens with one attached hydrogen (secondary N) is 1. The van der Waals surface area contributed by atoms with Crippen LogP contribution in [0.25, 0.3) is 0 Å². The third-order valence-corrected chi connectivity index (χ3v) is 2.84. The number of aryl methyl sites for hydroxylation is 1. The number of amides is 2. The predicted molar refractivity (Wildman–Crippen MR) is 74.4 cm³/mol. The van der Waals surface area contributed by atoms with Gasteiger partial charge in [0.15, 0.2) is 0 Å². The van der Waals surface area contributed by atoms with Crippen molar-refractivity contribution in [3.8, 4) is 6.07 Å². The van der Waals surface area contributed by atoms with Crippen LogP contribution in [0.1, 0.15) is 24.0 Å². The van der Waals surface area contributed by atoms with Crippen LogP contribution in [0.2, 0.25) is 0 Å². The average molecular weight is 275 g/mol. The number of nitriles is 1. The molecule has 1 aromatic rings. The Bertz CT molecular complexity index is 549. The molecule has 2 N–H and O–H groups in total. The standard InChI is InChI=1S/C14H17N3O3/c1-10-5-6-11(9-15)8-12(10)16-14(20)17(2)7-3-4-13(18)19/h5-6,8H,3-4,7H2,1-2H3,(H,16,20)(H,18,19). The zero-order chi connectivity index (χ0) is 15.1. The van der Waals surface area contributed by atoms with E-state index in [2.05, 4.69) is 5.32 Å². The third-order valence-electron chi connectivity index (χ3n) is 2.84. The third kappa shape index (κ3) is 4.61. The molecule has 0 radical (unpaired) electrons. The molecule has 0 heterocycles. The van der Waals surface area contributed by atoms with Gasteiger partial charge in [0.2, 0.25) is 0 Å². The van der Waals surface area contributed by atoms with Crippen molar-refractivity contribution in [1.82, 2.24) is 4.90 Å². The van der Waals surface area contributed by atoms with E-state index >= 15 is 0 Å². The molecule has 6 heteroatoms. The molecule has 0 aromatic heterocycles. The second-order valence-corrected chi connectivity index (χ2v) is 4.49. The van der Waals surface area contributed by atoms with Gasteiger partial charge in [-0.2, -0.15) is 5.26 Å². The highest BCUT2D eigenvalue weighted by atomic mass is 16.4. The Balaban J connectivity index is 2.61. The van der Waals surface area contributed by atoms with Gasteiger partial charge in [-0.15, -0.1) is 0 Å². The number of carboxylic acids is 1. The van der Waals surface area contributed by atoms with Gasteiger partial charge in [-0.1, -0.05) is 6.07 Å². The van der Waals surface area contributed by atoms with Crippen molar-refractivity contribution in [3.63, 3.8) is 0 Å². The minimum Gasteiger partial charge on any atom is -0.481 e. The van der Waals surface area contributed by atoms with E-state index in [1.165, 1.54) is 4.90 Å². The first-order valence-electron chi connectivity index (χ1n) is 6.18. The lowest BCUT2D eigenvalue weighted by Crippen LogP contribution is -2.32. The molecule has 106 valence electrons. The quantitative estimate of drug-likeness (QED) is 0.861. The Kier molecular flexibility index (Phi) is 5.54. The summed E-state index contributed by atoms with van der Waals surface area (Å²) in [5.74, 6) is -0.878. The summed E-state index contributed by atoms with van der Waals surface area (Å²) in [4.78, 5) is 23.7. The van der Waals surface area contributed by atoms with Gasteiger partial charge in [0.05, 0.1) is 11.6 Å². The topological polar surface area (TPSA) is 93.4 Å². The van der Waals surface area contributed by atoms with Crippen LogP contribution >= 0.6 is 0 Å². The van der Waals surface area contributed by atoms with Gasteiger partial charge in [-0.05, 0) is 31.0 Å². The summed E-state index contributed by atoms with van der Waals surface area (Å²) in [5, 5.41) is 20.1. The molecule has 0 fully saturated rings. The number of hydrogen-bond donors (Lipinski definition) is 2. The van der Waals surface area contributed by atoms with Gasteiger partial charge in [-0.25, -0.2) is 4.79 Å². The Labute approximate surface area is 117 Å². The summed E-state index contributed by atoms with van der Waals surface area (Å²) in [6.07, 6.45) is 0.428. The number of hydrogen-bond acceptors (Lipinski definition) is 3. The number of aliphatic carboxylic acids is 1. The maximum Gasteiger partial charge on any atom is 0.321 e. The molecule has 2 amide bonds. The van der Waals surface area contributed by atoms with Crippen molar-refractivity contribution in [2.24, 2.45) is 0 Å². The van der Waals surface area contributed by atoms with E-state index in [0.717, 1.165) is 5.56 Å². The van der Waals surface area contributed by atoms with Crippen LogP contribution in [0, 0.1) is 18.3 Å². The molecular weight excluding hydrogens is 258 g/mol. The highest BCUT2D eigenvalue weighted by molar-refractivity contribution is 5.90. The molecule has 0 bridgehead atoms. The van der Waals surface area contributed by atoms with Crippen LogP contribution in [-0.4, -0.2) is 35.6 Å². The van der Waals surface area contributed by atoms with Crippen molar-refractivity contribution in [3.05, 3.63) is 29.3 Å². The fourth-order valence-electron chi connectivity index (χ4n) is 1.61. The van der Waals surface area contributed by atoms with Crippen LogP contribution < -0.4 is 5.32 Å². The first-order valence-corrected chi connectivity index (χ1v) is 6.18. The molecule has 0 unspecified atom stereocenters. The highest BCUT2D eigenvalue weighted by Crippen LogP contribution is 2.16. The van der Waals surface area contributed by atoms with E-state index in [4.69, 9.17) is 10.4 Å². The minimum absolute atomic E-state index is 0.0283. The Morgan fingerprint density at radius 2 is 2.15 bits per heavy atom. The number of anilines is 1. The molecule has 0 saturated heterocycles. The van der Waals surface area contributed by atoms with Gasteiger partial charge >= 0.3 is 12.0 Å². The first kappa shape index (κ1) is 15.5. The number of rotatable bonds is 5. The maximum absolute atomic E-state index is 11.9. The van der Waals surface area contributed by atoms with E-state index in [0.29, 0.717) is 24.2 Å². The zero-order valence-corrected chi connectivity index (χ0v) is 11.5. The molecule has 20 heavy (non-hydrogen) atoms. The Morgan fingerprint density at radius 3 is 2.75 bits per heavy atom. The van der Waals surface area contributed by atoms with Crippen molar-refractivity contribution >= 4 is 17.7 Å². The van der Waals surface area contributed by atoms with Crippen LogP contribution in [0.4, 0.5) is 10.5 Å². The van der Waals surface area contributed by atoms with Crippen molar-refractivity contribution in [2.75, 3.05) is 18.9 Å². The monoisotopic (exact) mass is 275 g/mol. The second-order valence-electron chi connectivity index (χ2n) is 4.49. The van der Waals surface area contributed by atoms with E-state index in [9.17, 15) is 9.59 Å². The van der Waals surface area contributed by atoms with E-state index in [-0.39, 0.29) is 12.5 Å². The summed E-state index contributed by atoms with van der Waals surface area (Å²) in [6, 6.07) is 6.74. The van der Waals surface area contributed by atoms with Crippen LogP contribution in [-0.2, 0) is 4.79 Å². The lowest BCUT2D eigenvalue weighted by Gasteiger charge is -2.18. The molecular formula is C14H17N3O3. The highest BCUT2D eigenvalue weighted by Gasteiger charge is 2.11. The smallest absolute Gasteiger partial charge is 0.321 e. The summed E-state index contributed by atoms with van der Waals surface area (Å²) in [7, 11) is 1.60. The largest absolute Gasteiger partial charge is 0.481 e. The van der Waals surface area contributed by atoms with Gasteiger partial charge < -0.3 is 15.3 Å². The van der Waals surface area contributed by atoms with Crippen LogP contribution in [0.3, 0.4) is 0 Å². The lowest BCUT2D eigenvalue weighted by atomic mass is 10.1. The SMILES string of the molecule is Cc1ccc(C#N)cc1NC(=O)N(C)CCCC(=O)O. The number of carbonyl (C=O) groups excluding carboxylic acids is 1. The molecule has 0 aliphatic rings. The van der Waals surface area contributed by atoms with E-state index < -0.39 is 5.97 Å². The normalized spacial score (nSPS) is 9.65. The fraction of sp³-hybridized carbons (Fsp3) is 0.357. The Hall–Kier alpha value is -2.55. The van der Waals surface area contributed by atoms with Gasteiger partial charge in [0, 0.05) is 25.7 Å². The second kappa shape index (κ2) is 7.14. The fourth-order valence-corrected chi connectivity index (χ4v) is 1.61. The predicted octanol–water partition coefficient (Wildman–Crippen LogP) is 2.20. The van der Waals surface area contributed by atoms with E-state index in [1.807, 2.05) is 13.0 Å². The van der Waals surface area contributed by atoms with E-state index in [1.54, 1.807) is 25.2 Å².